The molecule has 0 aliphatic carbocycles. The fourth-order valence-corrected chi connectivity index (χ4v) is 5.52. The molecule has 148 valence electrons. The third-order valence-electron chi connectivity index (χ3n) is 6.34. The van der Waals surface area contributed by atoms with Crippen LogP contribution < -0.4 is 0 Å². The molecule has 0 atom stereocenters. The van der Waals surface area contributed by atoms with Crippen LogP contribution in [0.5, 0.6) is 0 Å². The number of likely N-dealkylation sites (tertiary alicyclic amines) is 1. The Morgan fingerprint density at radius 3 is 2.34 bits per heavy atom. The molecule has 4 heteroatoms. The molecule has 0 bridgehead atoms. The van der Waals surface area contributed by atoms with E-state index in [4.69, 9.17) is 0 Å². The van der Waals surface area contributed by atoms with Gasteiger partial charge in [-0.05, 0) is 59.5 Å². The first kappa shape index (κ1) is 18.6. The smallest absolute Gasteiger partial charge is 0.253 e. The van der Waals surface area contributed by atoms with Crippen LogP contribution in [-0.2, 0) is 13.0 Å². The summed E-state index contributed by atoms with van der Waals surface area (Å²) in [6.07, 6.45) is 3.33. The lowest BCUT2D eigenvalue weighted by atomic mass is 9.98. The number of benzene rings is 2. The van der Waals surface area contributed by atoms with E-state index in [-0.39, 0.29) is 5.91 Å². The Morgan fingerprint density at radius 1 is 0.862 bits per heavy atom. The summed E-state index contributed by atoms with van der Waals surface area (Å²) in [6.45, 7) is 3.96. The van der Waals surface area contributed by atoms with E-state index in [9.17, 15) is 4.79 Å². The van der Waals surface area contributed by atoms with E-state index in [0.29, 0.717) is 6.04 Å². The minimum atomic E-state index is 0.168. The lowest BCUT2D eigenvalue weighted by molar-refractivity contribution is 0.0600. The summed E-state index contributed by atoms with van der Waals surface area (Å²) in [4.78, 5) is 19.2. The van der Waals surface area contributed by atoms with Crippen molar-refractivity contribution in [3.05, 3.63) is 82.0 Å². The Kier molecular flexibility index (Phi) is 5.21. The summed E-state index contributed by atoms with van der Waals surface area (Å²) in [5.41, 5.74) is 4.64. The van der Waals surface area contributed by atoms with Crippen LogP contribution in [0.15, 0.2) is 66.0 Å². The Labute approximate surface area is 176 Å². The van der Waals surface area contributed by atoms with Crippen molar-refractivity contribution < 1.29 is 4.79 Å². The summed E-state index contributed by atoms with van der Waals surface area (Å²) in [6, 6.07) is 21.2. The number of amides is 1. The van der Waals surface area contributed by atoms with Crippen molar-refractivity contribution in [3.8, 4) is 11.1 Å². The quantitative estimate of drug-likeness (QED) is 0.610. The van der Waals surface area contributed by atoms with Crippen molar-refractivity contribution >= 4 is 17.2 Å². The van der Waals surface area contributed by atoms with Gasteiger partial charge in [-0.1, -0.05) is 42.5 Å². The maximum Gasteiger partial charge on any atom is 0.253 e. The number of fused-ring (bicyclic) bond motifs is 1. The van der Waals surface area contributed by atoms with E-state index >= 15 is 0 Å². The van der Waals surface area contributed by atoms with E-state index in [1.807, 2.05) is 46.6 Å². The van der Waals surface area contributed by atoms with Crippen LogP contribution in [0.3, 0.4) is 0 Å². The van der Waals surface area contributed by atoms with E-state index in [1.54, 1.807) is 4.88 Å². The molecule has 0 saturated carbocycles. The Bertz CT molecular complexity index is 972. The van der Waals surface area contributed by atoms with Gasteiger partial charge >= 0.3 is 0 Å². The van der Waals surface area contributed by atoms with Crippen LogP contribution in [0.25, 0.3) is 11.1 Å². The van der Waals surface area contributed by atoms with Crippen LogP contribution in [-0.4, -0.2) is 41.4 Å². The molecule has 1 aromatic heterocycles. The number of thiophene rings is 1. The highest BCUT2D eigenvalue weighted by atomic mass is 32.1. The molecule has 0 radical (unpaired) electrons. The zero-order valence-corrected chi connectivity index (χ0v) is 17.4. The molecule has 2 aromatic carbocycles. The average molecular weight is 403 g/mol. The highest BCUT2D eigenvalue weighted by molar-refractivity contribution is 7.10. The van der Waals surface area contributed by atoms with Gasteiger partial charge in [-0.25, -0.2) is 0 Å². The maximum atomic E-state index is 13.0. The van der Waals surface area contributed by atoms with Crippen LogP contribution in [0, 0.1) is 0 Å². The average Bonchev–Trinajstić information content (AvgIpc) is 3.27. The number of piperidine rings is 1. The van der Waals surface area contributed by atoms with Crippen molar-refractivity contribution in [2.75, 3.05) is 19.6 Å². The largest absolute Gasteiger partial charge is 0.339 e. The minimum absolute atomic E-state index is 0.168. The number of hydrogen-bond donors (Lipinski definition) is 0. The van der Waals surface area contributed by atoms with Gasteiger partial charge in [0.2, 0.25) is 0 Å². The van der Waals surface area contributed by atoms with Gasteiger partial charge in [-0.3, -0.25) is 9.69 Å². The molecule has 1 fully saturated rings. The number of rotatable bonds is 3. The number of carbonyl (C=O) groups is 1. The summed E-state index contributed by atoms with van der Waals surface area (Å²) >= 11 is 1.90. The minimum Gasteiger partial charge on any atom is -0.339 e. The highest BCUT2D eigenvalue weighted by Crippen LogP contribution is 2.28. The van der Waals surface area contributed by atoms with Gasteiger partial charge in [0.15, 0.2) is 0 Å². The number of carbonyl (C=O) groups excluding carboxylic acids is 1. The zero-order chi connectivity index (χ0) is 19.6. The molecule has 0 unspecified atom stereocenters. The molecular weight excluding hydrogens is 376 g/mol. The maximum absolute atomic E-state index is 13.0. The van der Waals surface area contributed by atoms with E-state index in [0.717, 1.165) is 50.1 Å². The van der Waals surface area contributed by atoms with Gasteiger partial charge in [0.05, 0.1) is 0 Å². The predicted molar refractivity (Wildman–Crippen MR) is 119 cm³/mol. The fraction of sp³-hybridized carbons (Fsp3) is 0.320. The topological polar surface area (TPSA) is 23.6 Å². The lowest BCUT2D eigenvalue weighted by Gasteiger charge is -2.40. The highest BCUT2D eigenvalue weighted by Gasteiger charge is 2.29. The van der Waals surface area contributed by atoms with Crippen molar-refractivity contribution in [2.24, 2.45) is 0 Å². The lowest BCUT2D eigenvalue weighted by Crippen LogP contribution is -2.47. The van der Waals surface area contributed by atoms with Gasteiger partial charge in [0.1, 0.15) is 0 Å². The Hall–Kier alpha value is -2.43. The van der Waals surface area contributed by atoms with Crippen molar-refractivity contribution in [3.63, 3.8) is 0 Å². The molecule has 1 saturated heterocycles. The van der Waals surface area contributed by atoms with Crippen molar-refractivity contribution in [1.29, 1.82) is 0 Å². The summed E-state index contributed by atoms with van der Waals surface area (Å²) in [5.74, 6) is 0.168. The van der Waals surface area contributed by atoms with Crippen molar-refractivity contribution in [2.45, 2.75) is 31.8 Å². The SMILES string of the molecule is O=C(c1ccc(-c2ccccc2)cc1)N1CCC(N2CCc3sccc3C2)CC1. The number of nitrogens with zero attached hydrogens (tertiary/aromatic N) is 2. The van der Waals surface area contributed by atoms with Gasteiger partial charge in [0.25, 0.3) is 5.91 Å². The van der Waals surface area contributed by atoms with Gasteiger partial charge in [-0.15, -0.1) is 11.3 Å². The molecule has 2 aliphatic heterocycles. The molecule has 0 spiro atoms. The number of hydrogen-bond acceptors (Lipinski definition) is 3. The predicted octanol–water partition coefficient (Wildman–Crippen LogP) is 5.08. The Balaban J connectivity index is 1.19. The first-order chi connectivity index (χ1) is 14.3. The summed E-state index contributed by atoms with van der Waals surface area (Å²) in [5, 5.41) is 2.22. The molecule has 3 nitrogen and oxygen atoms in total. The molecule has 3 aromatic rings. The van der Waals surface area contributed by atoms with Crippen LogP contribution in [0.4, 0.5) is 0 Å². The fourth-order valence-electron chi connectivity index (χ4n) is 4.63. The second kappa shape index (κ2) is 8.13. The monoisotopic (exact) mass is 402 g/mol. The van der Waals surface area contributed by atoms with Crippen LogP contribution >= 0.6 is 11.3 Å². The second-order valence-corrected chi connectivity index (χ2v) is 9.06. The molecule has 2 aliphatic rings. The van der Waals surface area contributed by atoms with E-state index in [1.165, 1.54) is 17.5 Å². The van der Waals surface area contributed by atoms with Gasteiger partial charge in [-0.2, -0.15) is 0 Å². The first-order valence-corrected chi connectivity index (χ1v) is 11.4. The van der Waals surface area contributed by atoms with Gasteiger partial charge < -0.3 is 4.90 Å². The normalized spacial score (nSPS) is 17.9. The van der Waals surface area contributed by atoms with Crippen LogP contribution in [0.1, 0.15) is 33.6 Å². The zero-order valence-electron chi connectivity index (χ0n) is 16.6. The van der Waals surface area contributed by atoms with Gasteiger partial charge in [0, 0.05) is 42.7 Å². The van der Waals surface area contributed by atoms with Crippen molar-refractivity contribution in [1.82, 2.24) is 9.80 Å². The standard InChI is InChI=1S/C25H26N2OS/c28-25(21-8-6-20(7-9-21)19-4-2-1-3-5-19)26-14-10-23(11-15-26)27-16-12-24-22(18-27)13-17-29-24/h1-9,13,17,23H,10-12,14-16,18H2. The van der Waals surface area contributed by atoms with E-state index in [2.05, 4.69) is 40.6 Å². The molecular formula is C25H26N2OS. The summed E-state index contributed by atoms with van der Waals surface area (Å²) < 4.78 is 0. The third kappa shape index (κ3) is 3.87. The third-order valence-corrected chi connectivity index (χ3v) is 7.37. The second-order valence-electron chi connectivity index (χ2n) is 8.06. The molecule has 0 N–H and O–H groups in total. The molecule has 29 heavy (non-hydrogen) atoms. The van der Waals surface area contributed by atoms with Crippen LogP contribution in [0.2, 0.25) is 0 Å². The molecule has 3 heterocycles. The molecule has 5 rings (SSSR count). The first-order valence-electron chi connectivity index (χ1n) is 10.5. The van der Waals surface area contributed by atoms with E-state index < -0.39 is 0 Å². The molecule has 1 amide bonds. The summed E-state index contributed by atoms with van der Waals surface area (Å²) in [7, 11) is 0. The Morgan fingerprint density at radius 2 is 1.59 bits per heavy atom.